The zero-order chi connectivity index (χ0) is 23.4. The molecule has 4 rings (SSSR count). The maximum atomic E-state index is 13.0. The smallest absolute Gasteiger partial charge is 0.339 e. The van der Waals surface area contributed by atoms with E-state index in [1.807, 2.05) is 42.2 Å². The van der Waals surface area contributed by atoms with Crippen molar-refractivity contribution in [1.82, 2.24) is 24.6 Å². The van der Waals surface area contributed by atoms with Crippen molar-refractivity contribution >= 4 is 29.9 Å². The summed E-state index contributed by atoms with van der Waals surface area (Å²) < 4.78 is 7.15. The number of hydrogen-bond acceptors (Lipinski definition) is 7. The zero-order valence-electron chi connectivity index (χ0n) is 18.7. The van der Waals surface area contributed by atoms with Crippen molar-refractivity contribution in [3.8, 4) is 11.4 Å². The molecule has 0 spiro atoms. The molecule has 3 heterocycles. The lowest BCUT2D eigenvalue weighted by molar-refractivity contribution is -0.132. The van der Waals surface area contributed by atoms with Crippen LogP contribution in [0.5, 0.6) is 0 Å². The van der Waals surface area contributed by atoms with Crippen molar-refractivity contribution in [2.24, 2.45) is 0 Å². The number of hydrogen-bond donors (Lipinski definition) is 1. The number of amides is 1. The third-order valence-corrected chi connectivity index (χ3v) is 5.89. The lowest BCUT2D eigenvalue weighted by Gasteiger charge is -2.35. The Labute approximate surface area is 197 Å². The third kappa shape index (κ3) is 5.11. The van der Waals surface area contributed by atoms with Gasteiger partial charge in [-0.1, -0.05) is 29.8 Å². The van der Waals surface area contributed by atoms with Crippen LogP contribution in [0.3, 0.4) is 0 Å². The predicted molar refractivity (Wildman–Crippen MR) is 127 cm³/mol. The number of aromatic amines is 1. The van der Waals surface area contributed by atoms with Crippen LogP contribution in [0.1, 0.15) is 22.8 Å². The van der Waals surface area contributed by atoms with Crippen LogP contribution < -0.4 is 4.90 Å². The summed E-state index contributed by atoms with van der Waals surface area (Å²) in [5, 5.41) is 7.13. The second kappa shape index (κ2) is 9.95. The summed E-state index contributed by atoms with van der Waals surface area (Å²) in [6, 6.07) is 11.5. The molecule has 33 heavy (non-hydrogen) atoms. The van der Waals surface area contributed by atoms with Crippen molar-refractivity contribution in [1.29, 1.82) is 0 Å². The molecule has 0 atom stereocenters. The molecule has 0 saturated carbocycles. The van der Waals surface area contributed by atoms with E-state index < -0.39 is 0 Å². The Balaban J connectivity index is 1.38. The third-order valence-electron chi connectivity index (χ3n) is 5.58. The molecular formula is C23H26N6O3S. The maximum Gasteiger partial charge on any atom is 0.339 e. The summed E-state index contributed by atoms with van der Waals surface area (Å²) in [6.07, 6.45) is 1.53. The van der Waals surface area contributed by atoms with Crippen molar-refractivity contribution in [2.45, 2.75) is 20.4 Å². The molecule has 1 N–H and O–H groups in total. The number of esters is 1. The molecule has 10 heteroatoms. The van der Waals surface area contributed by atoms with Crippen LogP contribution in [-0.2, 0) is 16.1 Å². The van der Waals surface area contributed by atoms with E-state index in [4.69, 9.17) is 17.0 Å². The highest BCUT2D eigenvalue weighted by Crippen LogP contribution is 2.19. The standard InChI is InChI=1S/C23H26N6O3S/c1-3-32-22(31)18-8-9-19(24-14-18)27-10-12-28(13-11-27)20(30)15-29-21(25-26-23(29)33)17-6-4-16(2)5-7-17/h4-9,14H,3,10-13,15H2,1-2H3,(H,26,33). The molecular weight excluding hydrogens is 440 g/mol. The number of anilines is 1. The predicted octanol–water partition coefficient (Wildman–Crippen LogP) is 2.84. The van der Waals surface area contributed by atoms with Crippen LogP contribution in [0.2, 0.25) is 0 Å². The normalized spacial score (nSPS) is 13.8. The van der Waals surface area contributed by atoms with Gasteiger partial charge in [0.2, 0.25) is 5.91 Å². The van der Waals surface area contributed by atoms with Crippen LogP contribution in [0.25, 0.3) is 11.4 Å². The van der Waals surface area contributed by atoms with Crippen LogP contribution in [-0.4, -0.2) is 69.3 Å². The Kier molecular flexibility index (Phi) is 6.83. The van der Waals surface area contributed by atoms with Gasteiger partial charge in [0.1, 0.15) is 12.4 Å². The van der Waals surface area contributed by atoms with Gasteiger partial charge in [0, 0.05) is 37.9 Å². The number of pyridine rings is 1. The molecule has 2 aromatic heterocycles. The summed E-state index contributed by atoms with van der Waals surface area (Å²) in [4.78, 5) is 33.1. The molecule has 1 saturated heterocycles. The number of nitrogens with one attached hydrogen (secondary N) is 1. The molecule has 1 aliphatic heterocycles. The van der Waals surface area contributed by atoms with Crippen molar-refractivity contribution in [2.75, 3.05) is 37.7 Å². The van der Waals surface area contributed by atoms with E-state index >= 15 is 0 Å². The number of aryl methyl sites for hydroxylation is 1. The minimum absolute atomic E-state index is 0.00821. The Hall–Kier alpha value is -3.53. The van der Waals surface area contributed by atoms with E-state index in [0.29, 0.717) is 48.9 Å². The highest BCUT2D eigenvalue weighted by Gasteiger charge is 2.23. The Morgan fingerprint density at radius 2 is 1.82 bits per heavy atom. The van der Waals surface area contributed by atoms with E-state index in [-0.39, 0.29) is 18.4 Å². The first-order valence-corrected chi connectivity index (χ1v) is 11.2. The number of benzene rings is 1. The molecule has 1 aromatic carbocycles. The summed E-state index contributed by atoms with van der Waals surface area (Å²) in [7, 11) is 0. The maximum absolute atomic E-state index is 13.0. The lowest BCUT2D eigenvalue weighted by atomic mass is 10.1. The molecule has 3 aromatic rings. The number of aromatic nitrogens is 4. The molecule has 1 amide bonds. The van der Waals surface area contributed by atoms with Crippen LogP contribution in [0, 0.1) is 11.7 Å². The molecule has 0 radical (unpaired) electrons. The number of H-pyrrole nitrogens is 1. The first-order valence-electron chi connectivity index (χ1n) is 10.8. The van der Waals surface area contributed by atoms with E-state index in [2.05, 4.69) is 20.1 Å². The van der Waals surface area contributed by atoms with Crippen LogP contribution in [0.15, 0.2) is 42.6 Å². The molecule has 0 bridgehead atoms. The first-order chi connectivity index (χ1) is 16.0. The van der Waals surface area contributed by atoms with Gasteiger partial charge in [0.05, 0.1) is 12.2 Å². The second-order valence-corrected chi connectivity index (χ2v) is 8.18. The number of carbonyl (C=O) groups excluding carboxylic acids is 2. The summed E-state index contributed by atoms with van der Waals surface area (Å²) >= 11 is 5.37. The number of rotatable bonds is 6. The van der Waals surface area contributed by atoms with Gasteiger partial charge in [-0.3, -0.25) is 14.5 Å². The van der Waals surface area contributed by atoms with E-state index in [9.17, 15) is 9.59 Å². The molecule has 9 nitrogen and oxygen atoms in total. The van der Waals surface area contributed by atoms with Crippen LogP contribution >= 0.6 is 12.2 Å². The number of piperazine rings is 1. The number of carbonyl (C=O) groups is 2. The van der Waals surface area contributed by atoms with E-state index in [0.717, 1.165) is 16.9 Å². The van der Waals surface area contributed by atoms with Gasteiger partial charge in [-0.25, -0.2) is 9.78 Å². The topological polar surface area (TPSA) is 96.4 Å². The van der Waals surface area contributed by atoms with Gasteiger partial charge < -0.3 is 14.5 Å². The zero-order valence-corrected chi connectivity index (χ0v) is 19.5. The molecule has 0 aliphatic carbocycles. The molecule has 172 valence electrons. The minimum Gasteiger partial charge on any atom is -0.462 e. The fourth-order valence-electron chi connectivity index (χ4n) is 3.72. The van der Waals surface area contributed by atoms with Crippen molar-refractivity contribution in [3.05, 3.63) is 58.5 Å². The second-order valence-electron chi connectivity index (χ2n) is 7.80. The van der Waals surface area contributed by atoms with Gasteiger partial charge >= 0.3 is 5.97 Å². The van der Waals surface area contributed by atoms with Gasteiger partial charge in [0.15, 0.2) is 10.6 Å². The van der Waals surface area contributed by atoms with E-state index in [1.54, 1.807) is 17.6 Å². The summed E-state index contributed by atoms with van der Waals surface area (Å²) in [6.45, 7) is 6.70. The molecule has 1 fully saturated rings. The largest absolute Gasteiger partial charge is 0.462 e. The summed E-state index contributed by atoms with van der Waals surface area (Å²) in [5.74, 6) is 1.03. The van der Waals surface area contributed by atoms with Gasteiger partial charge in [-0.2, -0.15) is 5.10 Å². The number of nitrogens with zero attached hydrogens (tertiary/aromatic N) is 5. The minimum atomic E-state index is -0.380. The Bertz CT molecular complexity index is 1180. The SMILES string of the molecule is CCOC(=O)c1ccc(N2CCN(C(=O)Cn3c(-c4ccc(C)cc4)n[nH]c3=S)CC2)nc1. The average molecular weight is 467 g/mol. The number of ether oxygens (including phenoxy) is 1. The highest BCUT2D eigenvalue weighted by atomic mass is 32.1. The van der Waals surface area contributed by atoms with Gasteiger partial charge in [-0.05, 0) is 38.2 Å². The summed E-state index contributed by atoms with van der Waals surface area (Å²) in [5.41, 5.74) is 2.48. The lowest BCUT2D eigenvalue weighted by Crippen LogP contribution is -2.49. The first kappa shape index (κ1) is 22.7. The van der Waals surface area contributed by atoms with E-state index in [1.165, 1.54) is 6.20 Å². The van der Waals surface area contributed by atoms with Gasteiger partial charge in [0.25, 0.3) is 0 Å². The van der Waals surface area contributed by atoms with Crippen molar-refractivity contribution < 1.29 is 14.3 Å². The van der Waals surface area contributed by atoms with Crippen molar-refractivity contribution in [3.63, 3.8) is 0 Å². The quantitative estimate of drug-likeness (QED) is 0.441. The van der Waals surface area contributed by atoms with Crippen LogP contribution in [0.4, 0.5) is 5.82 Å². The Morgan fingerprint density at radius 3 is 2.45 bits per heavy atom. The molecule has 0 unspecified atom stereocenters. The fourth-order valence-corrected chi connectivity index (χ4v) is 3.91. The highest BCUT2D eigenvalue weighted by molar-refractivity contribution is 7.71. The fraction of sp³-hybridized carbons (Fsp3) is 0.348. The van der Waals surface area contributed by atoms with Gasteiger partial charge in [-0.15, -0.1) is 0 Å². The Morgan fingerprint density at radius 1 is 1.09 bits per heavy atom. The molecule has 1 aliphatic rings. The monoisotopic (exact) mass is 466 g/mol. The average Bonchev–Trinajstić information content (AvgIpc) is 3.20.